The summed E-state index contributed by atoms with van der Waals surface area (Å²) in [6, 6.07) is -0.209. The molecule has 0 aliphatic carbocycles. The normalized spacial score (nSPS) is 14.0. The molecule has 0 amide bonds. The predicted octanol–water partition coefficient (Wildman–Crippen LogP) is 2.08. The Morgan fingerprint density at radius 1 is 0.917 bits per heavy atom. The Hall–Kier alpha value is -0.163. The van der Waals surface area contributed by atoms with Crippen molar-refractivity contribution >= 4 is 43.2 Å². The molecule has 142 valence electrons. The summed E-state index contributed by atoms with van der Waals surface area (Å²) >= 11 is 10.9. The highest BCUT2D eigenvalue weighted by atomic mass is 32.1. The Morgan fingerprint density at radius 3 is 1.46 bits per heavy atom. The first-order chi connectivity index (χ1) is 11.2. The Balaban J connectivity index is 6.60. The molecule has 9 heteroatoms. The maximum atomic E-state index is 6.23. The highest BCUT2D eigenvalue weighted by molar-refractivity contribution is 7.82. The number of thiocarbonyl (C=S) groups is 2. The zero-order valence-corrected chi connectivity index (χ0v) is 18.4. The minimum atomic E-state index is -3.43. The van der Waals surface area contributed by atoms with Gasteiger partial charge in [0, 0.05) is 25.9 Å². The lowest BCUT2D eigenvalue weighted by Crippen LogP contribution is -2.71. The van der Waals surface area contributed by atoms with Gasteiger partial charge < -0.3 is 24.7 Å². The van der Waals surface area contributed by atoms with Crippen molar-refractivity contribution < 1.29 is 13.3 Å². The number of rotatable bonds is 13. The van der Waals surface area contributed by atoms with E-state index in [0.29, 0.717) is 19.8 Å². The fourth-order valence-corrected chi connectivity index (χ4v) is 7.92. The van der Waals surface area contributed by atoms with Crippen molar-refractivity contribution in [3.8, 4) is 0 Å². The number of hydrogen-bond donors (Lipinski definition) is 2. The van der Waals surface area contributed by atoms with Crippen LogP contribution in [0.3, 0.4) is 0 Å². The second kappa shape index (κ2) is 10.7. The number of hydrogen-bond acceptors (Lipinski definition) is 6. The molecule has 0 fully saturated rings. The molecule has 24 heavy (non-hydrogen) atoms. The molecule has 0 heterocycles. The minimum Gasteiger partial charge on any atom is -0.392 e. The Kier molecular flexibility index (Phi) is 10.7. The third kappa shape index (κ3) is 4.32. The molecule has 0 spiro atoms. The summed E-state index contributed by atoms with van der Waals surface area (Å²) in [7, 11) is -3.43. The van der Waals surface area contributed by atoms with Crippen LogP contribution < -0.4 is 11.5 Å². The zero-order valence-electron chi connectivity index (χ0n) is 15.8. The second-order valence-corrected chi connectivity index (χ2v) is 8.94. The van der Waals surface area contributed by atoms with Crippen LogP contribution in [0.4, 0.5) is 0 Å². The number of nitrogens with zero attached hydrogens (tertiary/aromatic N) is 1. The van der Waals surface area contributed by atoms with Crippen LogP contribution in [0, 0.1) is 0 Å². The summed E-state index contributed by atoms with van der Waals surface area (Å²) in [5.41, 5.74) is 12.5. The molecule has 0 saturated heterocycles. The molecular formula is C15H33N3O3S2Si. The highest BCUT2D eigenvalue weighted by Crippen LogP contribution is 2.46. The van der Waals surface area contributed by atoms with E-state index in [1.165, 1.54) is 0 Å². The van der Waals surface area contributed by atoms with Gasteiger partial charge in [-0.1, -0.05) is 38.3 Å². The summed E-state index contributed by atoms with van der Waals surface area (Å²) in [5, 5.41) is -1.13. The van der Waals surface area contributed by atoms with Gasteiger partial charge in [-0.25, -0.2) is 0 Å². The van der Waals surface area contributed by atoms with E-state index in [4.69, 9.17) is 49.2 Å². The molecule has 0 aromatic heterocycles. The largest absolute Gasteiger partial charge is 0.523 e. The lowest BCUT2D eigenvalue weighted by atomic mass is 9.98. The number of nitrogens with two attached hydrogens (primary N) is 2. The fourth-order valence-electron chi connectivity index (χ4n) is 3.17. The van der Waals surface area contributed by atoms with Gasteiger partial charge in [-0.15, -0.1) is 0 Å². The van der Waals surface area contributed by atoms with E-state index >= 15 is 0 Å². The van der Waals surface area contributed by atoms with Crippen molar-refractivity contribution in [2.24, 2.45) is 11.5 Å². The van der Waals surface area contributed by atoms with Gasteiger partial charge in [-0.3, -0.25) is 4.90 Å². The standard InChI is InChI=1S/C15H33N3O3S2Si/c1-7-18(8-2)12(6)15(13(16)22,14(17)23)24(19-9-3,20-10-4)21-11-5/h12H,7-11H2,1-6H3,(H2,16,22)(H2,17,23). The van der Waals surface area contributed by atoms with E-state index in [9.17, 15) is 0 Å². The van der Waals surface area contributed by atoms with Crippen LogP contribution >= 0.6 is 24.4 Å². The smallest absolute Gasteiger partial charge is 0.392 e. The van der Waals surface area contributed by atoms with Crippen molar-refractivity contribution in [3.05, 3.63) is 0 Å². The zero-order chi connectivity index (χ0) is 19.0. The van der Waals surface area contributed by atoms with Crippen molar-refractivity contribution in [2.75, 3.05) is 32.9 Å². The van der Waals surface area contributed by atoms with E-state index in [0.717, 1.165) is 13.1 Å². The summed E-state index contributed by atoms with van der Waals surface area (Å²) in [4.78, 5) is 2.52. The molecule has 0 saturated carbocycles. The van der Waals surface area contributed by atoms with E-state index in [2.05, 4.69) is 18.7 Å². The average Bonchev–Trinajstić information content (AvgIpc) is 2.49. The summed E-state index contributed by atoms with van der Waals surface area (Å²) in [6.07, 6.45) is 0. The van der Waals surface area contributed by atoms with E-state index in [-0.39, 0.29) is 16.0 Å². The van der Waals surface area contributed by atoms with Crippen LogP contribution in [-0.2, 0) is 13.3 Å². The van der Waals surface area contributed by atoms with Crippen LogP contribution in [0.15, 0.2) is 0 Å². The lowest BCUT2D eigenvalue weighted by molar-refractivity contribution is 0.0483. The van der Waals surface area contributed by atoms with Gasteiger partial charge >= 0.3 is 8.80 Å². The van der Waals surface area contributed by atoms with Crippen LogP contribution in [0.25, 0.3) is 0 Å². The average molecular weight is 396 g/mol. The lowest BCUT2D eigenvalue weighted by Gasteiger charge is -2.49. The third-order valence-corrected chi connectivity index (χ3v) is 9.18. The van der Waals surface area contributed by atoms with Gasteiger partial charge in [-0.05, 0) is 40.8 Å². The first kappa shape index (κ1) is 23.8. The quantitative estimate of drug-likeness (QED) is 0.362. The summed E-state index contributed by atoms with van der Waals surface area (Å²) in [5.74, 6) is 0. The first-order valence-electron chi connectivity index (χ1n) is 8.51. The van der Waals surface area contributed by atoms with Crippen molar-refractivity contribution in [2.45, 2.75) is 52.6 Å². The molecule has 1 unspecified atom stereocenters. The van der Waals surface area contributed by atoms with E-state index < -0.39 is 13.8 Å². The van der Waals surface area contributed by atoms with Gasteiger partial charge in [-0.2, -0.15) is 0 Å². The van der Waals surface area contributed by atoms with E-state index in [1.807, 2.05) is 27.7 Å². The van der Waals surface area contributed by atoms with Crippen molar-refractivity contribution in [1.82, 2.24) is 4.90 Å². The summed E-state index contributed by atoms with van der Waals surface area (Å²) in [6.45, 7) is 14.5. The van der Waals surface area contributed by atoms with Crippen LogP contribution in [0.1, 0.15) is 41.5 Å². The minimum absolute atomic E-state index is 0.163. The molecule has 0 aromatic carbocycles. The molecule has 0 rings (SSSR count). The molecule has 0 bridgehead atoms. The fraction of sp³-hybridized carbons (Fsp3) is 0.867. The van der Waals surface area contributed by atoms with Gasteiger partial charge in [0.15, 0.2) is 5.04 Å². The maximum absolute atomic E-state index is 6.23. The van der Waals surface area contributed by atoms with Crippen LogP contribution in [0.2, 0.25) is 5.04 Å². The topological polar surface area (TPSA) is 83.0 Å². The monoisotopic (exact) mass is 395 g/mol. The van der Waals surface area contributed by atoms with Crippen LogP contribution in [0.5, 0.6) is 0 Å². The first-order valence-corrected chi connectivity index (χ1v) is 11.0. The van der Waals surface area contributed by atoms with Crippen molar-refractivity contribution in [3.63, 3.8) is 0 Å². The molecule has 0 aliphatic heterocycles. The maximum Gasteiger partial charge on any atom is 0.523 e. The van der Waals surface area contributed by atoms with Crippen molar-refractivity contribution in [1.29, 1.82) is 0 Å². The molecule has 0 aromatic rings. The highest BCUT2D eigenvalue weighted by Gasteiger charge is 2.68. The Labute approximate surface area is 158 Å². The van der Waals surface area contributed by atoms with Gasteiger partial charge in [0.25, 0.3) is 0 Å². The second-order valence-electron chi connectivity index (χ2n) is 5.29. The molecule has 0 radical (unpaired) electrons. The Bertz CT molecular complexity index is 392. The molecule has 4 N–H and O–H groups in total. The SMILES string of the molecule is CCO[Si](OCC)(OCC)C(C(N)=S)(C(N)=S)C(C)N(CC)CC. The molecular weight excluding hydrogens is 362 g/mol. The van der Waals surface area contributed by atoms with Gasteiger partial charge in [0.2, 0.25) is 0 Å². The third-order valence-electron chi connectivity index (χ3n) is 4.25. The summed E-state index contributed by atoms with van der Waals surface area (Å²) < 4.78 is 18.3. The predicted molar refractivity (Wildman–Crippen MR) is 109 cm³/mol. The van der Waals surface area contributed by atoms with Gasteiger partial charge in [0.1, 0.15) is 0 Å². The molecule has 1 atom stereocenters. The van der Waals surface area contributed by atoms with Gasteiger partial charge in [0.05, 0.1) is 9.98 Å². The molecule has 6 nitrogen and oxygen atoms in total. The van der Waals surface area contributed by atoms with E-state index in [1.54, 1.807) is 0 Å². The molecule has 0 aliphatic rings. The Morgan fingerprint density at radius 2 is 1.25 bits per heavy atom. The van der Waals surface area contributed by atoms with Crippen LogP contribution in [-0.4, -0.2) is 62.6 Å².